The minimum absolute atomic E-state index is 0.594. The predicted molar refractivity (Wildman–Crippen MR) is 68.7 cm³/mol. The summed E-state index contributed by atoms with van der Waals surface area (Å²) in [5.74, 6) is 1.08. The van der Waals surface area contributed by atoms with Crippen molar-refractivity contribution in [2.75, 3.05) is 38.5 Å². The van der Waals surface area contributed by atoms with Gasteiger partial charge < -0.3 is 0 Å². The van der Waals surface area contributed by atoms with Gasteiger partial charge in [-0.3, -0.25) is 9.80 Å². The topological polar surface area (TPSA) is 6.48 Å². The van der Waals surface area contributed by atoms with E-state index in [4.69, 9.17) is 0 Å². The van der Waals surface area contributed by atoms with Crippen molar-refractivity contribution >= 4 is 12.6 Å². The first-order chi connectivity index (χ1) is 7.19. The number of rotatable bonds is 4. The Hall–Kier alpha value is 0.270. The molecule has 1 heterocycles. The van der Waals surface area contributed by atoms with Crippen LogP contribution in [0.3, 0.4) is 0 Å². The molecule has 0 bridgehead atoms. The lowest BCUT2D eigenvalue weighted by atomic mass is 10.1. The average Bonchev–Trinajstić information content (AvgIpc) is 2.99. The van der Waals surface area contributed by atoms with E-state index >= 15 is 0 Å². The van der Waals surface area contributed by atoms with Crippen molar-refractivity contribution in [3.05, 3.63) is 0 Å². The zero-order chi connectivity index (χ0) is 10.9. The largest absolute Gasteiger partial charge is 0.300 e. The summed E-state index contributed by atoms with van der Waals surface area (Å²) in [6, 6.07) is 0.736. The fourth-order valence-electron chi connectivity index (χ4n) is 2.70. The molecule has 3 heteroatoms. The quantitative estimate of drug-likeness (QED) is 0.732. The van der Waals surface area contributed by atoms with Crippen molar-refractivity contribution in [3.8, 4) is 0 Å². The molecule has 0 radical (unpaired) electrons. The minimum Gasteiger partial charge on any atom is -0.300 e. The molecule has 88 valence electrons. The normalized spacial score (nSPS) is 31.8. The maximum atomic E-state index is 4.48. The Morgan fingerprint density at radius 3 is 2.53 bits per heavy atom. The van der Waals surface area contributed by atoms with Gasteiger partial charge >= 0.3 is 0 Å². The van der Waals surface area contributed by atoms with Gasteiger partial charge in [0.2, 0.25) is 0 Å². The zero-order valence-corrected chi connectivity index (χ0v) is 11.0. The van der Waals surface area contributed by atoms with Crippen LogP contribution >= 0.6 is 12.6 Å². The molecule has 1 unspecified atom stereocenters. The summed E-state index contributed by atoms with van der Waals surface area (Å²) in [6.07, 6.45) is 2.80. The van der Waals surface area contributed by atoms with E-state index in [9.17, 15) is 0 Å². The van der Waals surface area contributed by atoms with E-state index < -0.39 is 0 Å². The summed E-state index contributed by atoms with van der Waals surface area (Å²) in [7, 11) is 0. The molecular formula is C12H24N2S. The molecule has 0 aromatic rings. The van der Waals surface area contributed by atoms with Crippen LogP contribution in [-0.2, 0) is 0 Å². The molecular weight excluding hydrogens is 204 g/mol. The smallest absolute Gasteiger partial charge is 0.0195 e. The van der Waals surface area contributed by atoms with Crippen LogP contribution in [0.4, 0.5) is 0 Å². The monoisotopic (exact) mass is 228 g/mol. The third kappa shape index (κ3) is 2.69. The first-order valence-electron chi connectivity index (χ1n) is 6.26. The standard InChI is InChI=1S/C12H24N2S/c1-3-14-7-6-13(8-11(14)2)9-12(10-15)4-5-12/h11,15H,3-10H2,1-2H3. The second-order valence-corrected chi connectivity index (χ2v) is 5.69. The lowest BCUT2D eigenvalue weighted by Gasteiger charge is -2.40. The van der Waals surface area contributed by atoms with Crippen LogP contribution in [0.25, 0.3) is 0 Å². The van der Waals surface area contributed by atoms with E-state index in [0.717, 1.165) is 11.8 Å². The van der Waals surface area contributed by atoms with Crippen LogP contribution in [0.15, 0.2) is 0 Å². The fraction of sp³-hybridized carbons (Fsp3) is 1.00. The number of piperazine rings is 1. The van der Waals surface area contributed by atoms with Gasteiger partial charge in [0.05, 0.1) is 0 Å². The van der Waals surface area contributed by atoms with Crippen LogP contribution in [0, 0.1) is 5.41 Å². The molecule has 15 heavy (non-hydrogen) atoms. The Morgan fingerprint density at radius 2 is 2.07 bits per heavy atom. The second kappa shape index (κ2) is 4.64. The van der Waals surface area contributed by atoms with Gasteiger partial charge in [0.15, 0.2) is 0 Å². The van der Waals surface area contributed by atoms with Gasteiger partial charge in [-0.05, 0) is 37.5 Å². The zero-order valence-electron chi connectivity index (χ0n) is 10.1. The molecule has 1 atom stereocenters. The molecule has 2 fully saturated rings. The van der Waals surface area contributed by atoms with E-state index in [1.165, 1.54) is 45.6 Å². The fourth-order valence-corrected chi connectivity index (χ4v) is 3.12. The summed E-state index contributed by atoms with van der Waals surface area (Å²) in [5, 5.41) is 0. The molecule has 2 aliphatic rings. The maximum Gasteiger partial charge on any atom is 0.0195 e. The molecule has 0 amide bonds. The average molecular weight is 228 g/mol. The van der Waals surface area contributed by atoms with Crippen LogP contribution in [-0.4, -0.2) is 54.3 Å². The van der Waals surface area contributed by atoms with Gasteiger partial charge in [-0.1, -0.05) is 6.92 Å². The third-order valence-electron chi connectivity index (χ3n) is 4.11. The molecule has 0 spiro atoms. The Bertz CT molecular complexity index is 216. The highest BCUT2D eigenvalue weighted by molar-refractivity contribution is 7.80. The van der Waals surface area contributed by atoms with E-state index in [1.54, 1.807) is 0 Å². The van der Waals surface area contributed by atoms with E-state index in [0.29, 0.717) is 5.41 Å². The van der Waals surface area contributed by atoms with Gasteiger partial charge in [-0.25, -0.2) is 0 Å². The summed E-state index contributed by atoms with van der Waals surface area (Å²) >= 11 is 4.48. The number of hydrogen-bond donors (Lipinski definition) is 1. The number of thiol groups is 1. The summed E-state index contributed by atoms with van der Waals surface area (Å²) < 4.78 is 0. The number of hydrogen-bond acceptors (Lipinski definition) is 3. The Morgan fingerprint density at radius 1 is 1.33 bits per heavy atom. The highest BCUT2D eigenvalue weighted by atomic mass is 32.1. The van der Waals surface area contributed by atoms with Gasteiger partial charge in [-0.15, -0.1) is 0 Å². The molecule has 0 N–H and O–H groups in total. The van der Waals surface area contributed by atoms with Crippen molar-refractivity contribution in [2.24, 2.45) is 5.41 Å². The number of nitrogens with zero attached hydrogens (tertiary/aromatic N) is 2. The SMILES string of the molecule is CCN1CCN(CC2(CS)CC2)CC1C. The Labute approximate surface area is 99.4 Å². The highest BCUT2D eigenvalue weighted by Crippen LogP contribution is 2.47. The maximum absolute atomic E-state index is 4.48. The van der Waals surface area contributed by atoms with Gasteiger partial charge in [-0.2, -0.15) is 12.6 Å². The Kier molecular flexibility index (Phi) is 3.63. The third-order valence-corrected chi connectivity index (χ3v) is 4.78. The van der Waals surface area contributed by atoms with Crippen LogP contribution in [0.2, 0.25) is 0 Å². The van der Waals surface area contributed by atoms with Gasteiger partial charge in [0.25, 0.3) is 0 Å². The second-order valence-electron chi connectivity index (χ2n) is 5.37. The number of likely N-dealkylation sites (N-methyl/N-ethyl adjacent to an activating group) is 1. The molecule has 2 nitrogen and oxygen atoms in total. The molecule has 0 aromatic heterocycles. The Balaban J connectivity index is 1.81. The van der Waals surface area contributed by atoms with Crippen LogP contribution in [0.5, 0.6) is 0 Å². The lowest BCUT2D eigenvalue weighted by Crippen LogP contribution is -2.52. The molecule has 1 aliphatic carbocycles. The lowest BCUT2D eigenvalue weighted by molar-refractivity contribution is 0.0766. The molecule has 1 saturated carbocycles. The van der Waals surface area contributed by atoms with Crippen molar-refractivity contribution < 1.29 is 0 Å². The van der Waals surface area contributed by atoms with Crippen LogP contribution in [0.1, 0.15) is 26.7 Å². The minimum atomic E-state index is 0.594. The van der Waals surface area contributed by atoms with Crippen LogP contribution < -0.4 is 0 Å². The molecule has 2 rings (SSSR count). The first kappa shape index (κ1) is 11.7. The summed E-state index contributed by atoms with van der Waals surface area (Å²) in [4.78, 5) is 5.23. The highest BCUT2D eigenvalue weighted by Gasteiger charge is 2.43. The van der Waals surface area contributed by atoms with Crippen molar-refractivity contribution in [1.82, 2.24) is 9.80 Å². The first-order valence-corrected chi connectivity index (χ1v) is 6.89. The molecule has 1 aliphatic heterocycles. The predicted octanol–water partition coefficient (Wildman–Crippen LogP) is 1.72. The summed E-state index contributed by atoms with van der Waals surface area (Å²) in [6.45, 7) is 10.9. The van der Waals surface area contributed by atoms with E-state index in [2.05, 4.69) is 36.3 Å². The van der Waals surface area contributed by atoms with Crippen molar-refractivity contribution in [3.63, 3.8) is 0 Å². The molecule has 1 saturated heterocycles. The van der Waals surface area contributed by atoms with Crippen molar-refractivity contribution in [1.29, 1.82) is 0 Å². The van der Waals surface area contributed by atoms with Gasteiger partial charge in [0.1, 0.15) is 0 Å². The summed E-state index contributed by atoms with van der Waals surface area (Å²) in [5.41, 5.74) is 0.594. The van der Waals surface area contributed by atoms with E-state index in [-0.39, 0.29) is 0 Å². The van der Waals surface area contributed by atoms with E-state index in [1.807, 2.05) is 0 Å². The van der Waals surface area contributed by atoms with Crippen molar-refractivity contribution in [2.45, 2.75) is 32.7 Å². The molecule has 0 aromatic carbocycles. The van der Waals surface area contributed by atoms with Gasteiger partial charge in [0, 0.05) is 32.2 Å².